The number of amides is 1. The van der Waals surface area contributed by atoms with E-state index < -0.39 is 12.0 Å². The van der Waals surface area contributed by atoms with E-state index in [2.05, 4.69) is 5.32 Å². The number of carboxylic acid groups (broad SMARTS) is 1. The first-order valence-corrected chi connectivity index (χ1v) is 7.07. The molecule has 3 unspecified atom stereocenters. The minimum absolute atomic E-state index is 0.117. The number of nitrogens with two attached hydrogens (primary N) is 1. The van der Waals surface area contributed by atoms with Crippen LogP contribution in [0.3, 0.4) is 0 Å². The standard InChI is InChI=1S/C16H20N2O3/c17-13-8-7-12(10-13)15(19)18-14(16(20)21)9-6-11-4-2-1-3-5-11/h1-5,7-8,12-14H,6,9-10,17H2,(H,18,19)(H,20,21). The normalized spacial score (nSPS) is 22.0. The molecule has 112 valence electrons. The number of aryl methyl sites for hydroxylation is 1. The monoisotopic (exact) mass is 288 g/mol. The van der Waals surface area contributed by atoms with Gasteiger partial charge in [0.1, 0.15) is 6.04 Å². The average molecular weight is 288 g/mol. The third-order valence-electron chi connectivity index (χ3n) is 3.63. The third-order valence-corrected chi connectivity index (χ3v) is 3.63. The Morgan fingerprint density at radius 2 is 2.00 bits per heavy atom. The summed E-state index contributed by atoms with van der Waals surface area (Å²) in [4.78, 5) is 23.3. The highest BCUT2D eigenvalue weighted by atomic mass is 16.4. The van der Waals surface area contributed by atoms with Crippen LogP contribution in [0.15, 0.2) is 42.5 Å². The van der Waals surface area contributed by atoms with Gasteiger partial charge in [-0.2, -0.15) is 0 Å². The predicted octanol–water partition coefficient (Wildman–Crippen LogP) is 1.09. The molecule has 5 heteroatoms. The van der Waals surface area contributed by atoms with E-state index in [-0.39, 0.29) is 17.9 Å². The van der Waals surface area contributed by atoms with Gasteiger partial charge < -0.3 is 16.2 Å². The van der Waals surface area contributed by atoms with Gasteiger partial charge in [-0.3, -0.25) is 4.79 Å². The summed E-state index contributed by atoms with van der Waals surface area (Å²) in [6, 6.07) is 8.63. The number of nitrogens with one attached hydrogen (secondary N) is 1. The summed E-state index contributed by atoms with van der Waals surface area (Å²) < 4.78 is 0. The lowest BCUT2D eigenvalue weighted by Crippen LogP contribution is -2.43. The smallest absolute Gasteiger partial charge is 0.326 e. The van der Waals surface area contributed by atoms with E-state index in [9.17, 15) is 14.7 Å². The number of carboxylic acids is 1. The second-order valence-corrected chi connectivity index (χ2v) is 5.31. The van der Waals surface area contributed by atoms with Crippen molar-refractivity contribution in [1.82, 2.24) is 5.32 Å². The zero-order valence-corrected chi connectivity index (χ0v) is 11.7. The number of hydrogen-bond acceptors (Lipinski definition) is 3. The summed E-state index contributed by atoms with van der Waals surface area (Å²) in [5.41, 5.74) is 6.76. The minimum Gasteiger partial charge on any atom is -0.480 e. The third kappa shape index (κ3) is 4.43. The molecule has 0 heterocycles. The van der Waals surface area contributed by atoms with Crippen molar-refractivity contribution in [2.45, 2.75) is 31.3 Å². The van der Waals surface area contributed by atoms with Gasteiger partial charge in [-0.1, -0.05) is 42.5 Å². The SMILES string of the molecule is NC1C=CC(C(=O)NC(CCc2ccccc2)C(=O)O)C1. The van der Waals surface area contributed by atoms with Crippen molar-refractivity contribution in [2.75, 3.05) is 0 Å². The molecule has 1 aliphatic rings. The second kappa shape index (κ2) is 7.04. The van der Waals surface area contributed by atoms with E-state index in [0.717, 1.165) is 5.56 Å². The summed E-state index contributed by atoms with van der Waals surface area (Å²) in [5.74, 6) is -1.59. The zero-order chi connectivity index (χ0) is 15.2. The molecular formula is C16H20N2O3. The van der Waals surface area contributed by atoms with E-state index >= 15 is 0 Å². The van der Waals surface area contributed by atoms with E-state index in [4.69, 9.17) is 5.73 Å². The van der Waals surface area contributed by atoms with Gasteiger partial charge in [-0.25, -0.2) is 4.79 Å². The van der Waals surface area contributed by atoms with Crippen molar-refractivity contribution in [3.63, 3.8) is 0 Å². The molecule has 3 atom stereocenters. The van der Waals surface area contributed by atoms with Gasteiger partial charge in [0.15, 0.2) is 0 Å². The van der Waals surface area contributed by atoms with Crippen LogP contribution in [0.25, 0.3) is 0 Å². The molecule has 1 aromatic carbocycles. The molecule has 0 aliphatic heterocycles. The average Bonchev–Trinajstić information content (AvgIpc) is 2.90. The maximum absolute atomic E-state index is 12.0. The van der Waals surface area contributed by atoms with E-state index in [1.165, 1.54) is 0 Å². The van der Waals surface area contributed by atoms with Crippen molar-refractivity contribution in [2.24, 2.45) is 11.7 Å². The second-order valence-electron chi connectivity index (χ2n) is 5.31. The number of aliphatic carboxylic acids is 1. The van der Waals surface area contributed by atoms with Crippen LogP contribution in [0, 0.1) is 5.92 Å². The Morgan fingerprint density at radius 1 is 1.29 bits per heavy atom. The van der Waals surface area contributed by atoms with Crippen LogP contribution in [0.2, 0.25) is 0 Å². The number of carbonyl (C=O) groups is 2. The Bertz CT molecular complexity index is 528. The fourth-order valence-corrected chi connectivity index (χ4v) is 2.41. The topological polar surface area (TPSA) is 92.4 Å². The van der Waals surface area contributed by atoms with Crippen molar-refractivity contribution in [3.8, 4) is 0 Å². The van der Waals surface area contributed by atoms with E-state index in [0.29, 0.717) is 19.3 Å². The molecule has 1 amide bonds. The lowest BCUT2D eigenvalue weighted by atomic mass is 10.0. The van der Waals surface area contributed by atoms with Crippen LogP contribution in [0.5, 0.6) is 0 Å². The van der Waals surface area contributed by atoms with Crippen molar-refractivity contribution >= 4 is 11.9 Å². The summed E-state index contributed by atoms with van der Waals surface area (Å²) in [6.45, 7) is 0. The molecule has 2 rings (SSSR count). The first-order valence-electron chi connectivity index (χ1n) is 7.07. The quantitative estimate of drug-likeness (QED) is 0.683. The maximum atomic E-state index is 12.0. The van der Waals surface area contributed by atoms with Crippen LogP contribution in [-0.2, 0) is 16.0 Å². The number of carbonyl (C=O) groups excluding carboxylic acids is 1. The maximum Gasteiger partial charge on any atom is 0.326 e. The van der Waals surface area contributed by atoms with Crippen LogP contribution < -0.4 is 11.1 Å². The first-order chi connectivity index (χ1) is 10.1. The Kier molecular flexibility index (Phi) is 5.11. The fourth-order valence-electron chi connectivity index (χ4n) is 2.41. The van der Waals surface area contributed by atoms with Crippen LogP contribution in [0.4, 0.5) is 0 Å². The van der Waals surface area contributed by atoms with Gasteiger partial charge >= 0.3 is 5.97 Å². The molecular weight excluding hydrogens is 268 g/mol. The van der Waals surface area contributed by atoms with E-state index in [1.54, 1.807) is 12.2 Å². The Hall–Kier alpha value is -2.14. The highest BCUT2D eigenvalue weighted by Gasteiger charge is 2.27. The van der Waals surface area contributed by atoms with Gasteiger partial charge in [-0.05, 0) is 24.8 Å². The summed E-state index contributed by atoms with van der Waals surface area (Å²) in [5, 5.41) is 11.8. The summed E-state index contributed by atoms with van der Waals surface area (Å²) >= 11 is 0. The largest absolute Gasteiger partial charge is 0.480 e. The van der Waals surface area contributed by atoms with Crippen LogP contribution in [-0.4, -0.2) is 29.1 Å². The number of benzene rings is 1. The highest BCUT2D eigenvalue weighted by molar-refractivity contribution is 5.86. The molecule has 1 aromatic rings. The molecule has 0 fully saturated rings. The summed E-state index contributed by atoms with van der Waals surface area (Å²) in [6.07, 6.45) is 5.04. The van der Waals surface area contributed by atoms with Crippen molar-refractivity contribution in [1.29, 1.82) is 0 Å². The van der Waals surface area contributed by atoms with Crippen LogP contribution >= 0.6 is 0 Å². The van der Waals surface area contributed by atoms with Crippen LogP contribution in [0.1, 0.15) is 18.4 Å². The molecule has 0 spiro atoms. The molecule has 0 saturated carbocycles. The predicted molar refractivity (Wildman–Crippen MR) is 79.6 cm³/mol. The highest BCUT2D eigenvalue weighted by Crippen LogP contribution is 2.17. The Balaban J connectivity index is 1.89. The molecule has 21 heavy (non-hydrogen) atoms. The molecule has 0 radical (unpaired) electrons. The Morgan fingerprint density at radius 3 is 2.57 bits per heavy atom. The van der Waals surface area contributed by atoms with Gasteiger partial charge in [0.05, 0.1) is 5.92 Å². The number of rotatable bonds is 6. The summed E-state index contributed by atoms with van der Waals surface area (Å²) in [7, 11) is 0. The van der Waals surface area contributed by atoms with Gasteiger partial charge in [0, 0.05) is 6.04 Å². The molecule has 4 N–H and O–H groups in total. The number of hydrogen-bond donors (Lipinski definition) is 3. The molecule has 0 bridgehead atoms. The lowest BCUT2D eigenvalue weighted by molar-refractivity contribution is -0.142. The van der Waals surface area contributed by atoms with Gasteiger partial charge in [-0.15, -0.1) is 0 Å². The minimum atomic E-state index is -1.01. The zero-order valence-electron chi connectivity index (χ0n) is 11.7. The fraction of sp³-hybridized carbons (Fsp3) is 0.375. The molecule has 0 aromatic heterocycles. The van der Waals surface area contributed by atoms with Gasteiger partial charge in [0.25, 0.3) is 0 Å². The molecule has 1 aliphatic carbocycles. The Labute approximate surface area is 123 Å². The molecule has 5 nitrogen and oxygen atoms in total. The molecule has 0 saturated heterocycles. The van der Waals surface area contributed by atoms with Crippen molar-refractivity contribution in [3.05, 3.63) is 48.0 Å². The first kappa shape index (κ1) is 15.3. The lowest BCUT2D eigenvalue weighted by Gasteiger charge is -2.17. The van der Waals surface area contributed by atoms with Crippen molar-refractivity contribution < 1.29 is 14.7 Å². The van der Waals surface area contributed by atoms with E-state index in [1.807, 2.05) is 30.3 Å². The van der Waals surface area contributed by atoms with Gasteiger partial charge in [0.2, 0.25) is 5.91 Å².